The molecule has 0 aliphatic heterocycles. The molecule has 3 amide bonds. The number of rotatable bonds is 13. The number of nitrogens with one attached hydrogen (secondary N) is 3. The molecule has 4 aromatic rings. The minimum atomic E-state index is -0.493. The van der Waals surface area contributed by atoms with Crippen LogP contribution in [0.2, 0.25) is 0 Å². The number of thiazole rings is 1. The summed E-state index contributed by atoms with van der Waals surface area (Å²) in [5, 5.41) is 10.1. The highest BCUT2D eigenvalue weighted by molar-refractivity contribution is 8.00. The topological polar surface area (TPSA) is 126 Å². The third-order valence-electron chi connectivity index (χ3n) is 6.63. The van der Waals surface area contributed by atoms with Gasteiger partial charge in [-0.3, -0.25) is 19.2 Å². The van der Waals surface area contributed by atoms with Gasteiger partial charge < -0.3 is 20.7 Å². The average molecular weight is 657 g/mol. The zero-order valence-corrected chi connectivity index (χ0v) is 27.7. The zero-order valence-electron chi connectivity index (χ0n) is 26.0. The van der Waals surface area contributed by atoms with Gasteiger partial charge >= 0.3 is 5.97 Å². The van der Waals surface area contributed by atoms with E-state index in [0.29, 0.717) is 34.6 Å². The lowest BCUT2D eigenvalue weighted by molar-refractivity contribution is -0.142. The molecule has 9 nitrogen and oxygen atoms in total. The molecule has 1 unspecified atom stereocenters. The first-order chi connectivity index (χ1) is 22.1. The van der Waals surface area contributed by atoms with Crippen LogP contribution in [0.5, 0.6) is 0 Å². The molecule has 46 heavy (non-hydrogen) atoms. The molecular weight excluding hydrogens is 621 g/mol. The van der Waals surface area contributed by atoms with Crippen molar-refractivity contribution < 1.29 is 23.9 Å². The van der Waals surface area contributed by atoms with E-state index in [-0.39, 0.29) is 24.0 Å². The third-order valence-corrected chi connectivity index (χ3v) is 8.53. The first kappa shape index (κ1) is 34.1. The third kappa shape index (κ3) is 10.1. The second kappa shape index (κ2) is 16.5. The monoisotopic (exact) mass is 656 g/mol. The van der Waals surface area contributed by atoms with Gasteiger partial charge in [0.1, 0.15) is 5.70 Å². The van der Waals surface area contributed by atoms with E-state index in [1.165, 1.54) is 28.7 Å². The summed E-state index contributed by atoms with van der Waals surface area (Å²) >= 11 is 2.55. The Morgan fingerprint density at radius 2 is 1.67 bits per heavy atom. The first-order valence-corrected chi connectivity index (χ1v) is 16.5. The largest absolute Gasteiger partial charge is 0.466 e. The molecular formula is C35H36N4O5S2. The van der Waals surface area contributed by atoms with Crippen molar-refractivity contribution in [3.8, 4) is 0 Å². The average Bonchev–Trinajstić information content (AvgIpc) is 3.47. The Labute approximate surface area is 276 Å². The number of carbonyl (C=O) groups excluding carboxylic acids is 4. The lowest BCUT2D eigenvalue weighted by atomic mass is 10.0. The van der Waals surface area contributed by atoms with Crippen molar-refractivity contribution in [3.63, 3.8) is 0 Å². The quantitative estimate of drug-likeness (QED) is 0.0812. The maximum atomic E-state index is 13.5. The fraction of sp³-hybridized carbons (Fsp3) is 0.229. The SMILES string of the molecule is CCOC(=O)Cc1csc(NC(=O)C(C)Sc2cccc(NC(=O)/C(=C\c3ccc(C(C)C)cc3)NC(=O)c3ccccc3)c2)n1. The van der Waals surface area contributed by atoms with E-state index in [0.717, 1.165) is 10.5 Å². The van der Waals surface area contributed by atoms with Crippen LogP contribution in [0.15, 0.2) is 94.8 Å². The Morgan fingerprint density at radius 3 is 2.37 bits per heavy atom. The second-order valence-electron chi connectivity index (χ2n) is 10.6. The van der Waals surface area contributed by atoms with Crippen molar-refractivity contribution in [1.29, 1.82) is 0 Å². The maximum Gasteiger partial charge on any atom is 0.311 e. The van der Waals surface area contributed by atoms with Crippen LogP contribution in [0, 0.1) is 0 Å². The predicted molar refractivity (Wildman–Crippen MR) is 184 cm³/mol. The predicted octanol–water partition coefficient (Wildman–Crippen LogP) is 6.90. The summed E-state index contributed by atoms with van der Waals surface area (Å²) in [5.74, 6) is -1.16. The Hall–Kier alpha value is -4.74. The highest BCUT2D eigenvalue weighted by atomic mass is 32.2. The van der Waals surface area contributed by atoms with Gasteiger partial charge in [-0.1, -0.05) is 62.4 Å². The summed E-state index contributed by atoms with van der Waals surface area (Å²) in [6.07, 6.45) is 1.68. The molecule has 1 aromatic heterocycles. The van der Waals surface area contributed by atoms with Gasteiger partial charge in [0, 0.05) is 21.5 Å². The molecule has 11 heteroatoms. The van der Waals surface area contributed by atoms with Gasteiger partial charge in [0.15, 0.2) is 5.13 Å². The molecule has 1 heterocycles. The number of thioether (sulfide) groups is 1. The fourth-order valence-corrected chi connectivity index (χ4v) is 5.84. The van der Waals surface area contributed by atoms with Crippen molar-refractivity contribution in [3.05, 3.63) is 112 Å². The smallest absolute Gasteiger partial charge is 0.311 e. The molecule has 3 aromatic carbocycles. The van der Waals surface area contributed by atoms with E-state index in [2.05, 4.69) is 34.8 Å². The van der Waals surface area contributed by atoms with Crippen LogP contribution in [0.1, 0.15) is 60.8 Å². The van der Waals surface area contributed by atoms with Gasteiger partial charge in [0.25, 0.3) is 11.8 Å². The molecule has 0 aliphatic carbocycles. The van der Waals surface area contributed by atoms with Crippen LogP contribution in [-0.2, 0) is 25.5 Å². The first-order valence-electron chi connectivity index (χ1n) is 14.8. The summed E-state index contributed by atoms with van der Waals surface area (Å²) in [6.45, 7) is 8.01. The van der Waals surface area contributed by atoms with E-state index in [4.69, 9.17) is 4.74 Å². The van der Waals surface area contributed by atoms with Crippen molar-refractivity contribution in [2.75, 3.05) is 17.2 Å². The van der Waals surface area contributed by atoms with Crippen molar-refractivity contribution in [2.45, 2.75) is 50.2 Å². The Balaban J connectivity index is 1.43. The van der Waals surface area contributed by atoms with Gasteiger partial charge in [-0.15, -0.1) is 23.1 Å². The molecule has 3 N–H and O–H groups in total. The van der Waals surface area contributed by atoms with Crippen LogP contribution in [0.3, 0.4) is 0 Å². The number of carbonyl (C=O) groups is 4. The molecule has 0 aliphatic rings. The maximum absolute atomic E-state index is 13.5. The van der Waals surface area contributed by atoms with Gasteiger partial charge in [0.05, 0.1) is 24.0 Å². The van der Waals surface area contributed by atoms with Gasteiger partial charge in [-0.25, -0.2) is 4.98 Å². The number of nitrogens with zero attached hydrogens (tertiary/aromatic N) is 1. The van der Waals surface area contributed by atoms with Crippen molar-refractivity contribution >= 4 is 63.7 Å². The van der Waals surface area contributed by atoms with Gasteiger partial charge in [-0.2, -0.15) is 0 Å². The van der Waals surface area contributed by atoms with E-state index < -0.39 is 17.1 Å². The lowest BCUT2D eigenvalue weighted by Crippen LogP contribution is -2.30. The van der Waals surface area contributed by atoms with Crippen LogP contribution >= 0.6 is 23.1 Å². The molecule has 0 radical (unpaired) electrons. The van der Waals surface area contributed by atoms with Crippen molar-refractivity contribution in [1.82, 2.24) is 10.3 Å². The van der Waals surface area contributed by atoms with E-state index in [9.17, 15) is 19.2 Å². The Bertz CT molecular complexity index is 1700. The van der Waals surface area contributed by atoms with Crippen LogP contribution in [0.25, 0.3) is 6.08 Å². The minimum absolute atomic E-state index is 0.0419. The molecule has 1 atom stereocenters. The summed E-state index contributed by atoms with van der Waals surface area (Å²) in [4.78, 5) is 56.1. The van der Waals surface area contributed by atoms with E-state index in [1.54, 1.807) is 67.8 Å². The number of esters is 1. The summed E-state index contributed by atoms with van der Waals surface area (Å²) in [7, 11) is 0. The molecule has 4 rings (SSSR count). The zero-order chi connectivity index (χ0) is 33.1. The summed E-state index contributed by atoms with van der Waals surface area (Å²) < 4.78 is 4.95. The highest BCUT2D eigenvalue weighted by Gasteiger charge is 2.19. The van der Waals surface area contributed by atoms with Crippen LogP contribution in [0.4, 0.5) is 10.8 Å². The molecule has 0 spiro atoms. The number of benzene rings is 3. The van der Waals surface area contributed by atoms with Crippen LogP contribution in [-0.4, -0.2) is 40.5 Å². The number of hydrogen-bond acceptors (Lipinski definition) is 8. The van der Waals surface area contributed by atoms with E-state index >= 15 is 0 Å². The standard InChI is InChI=1S/C35H36N4O5S2/c1-5-44-31(40)20-28-21-45-35(37-28)39-32(41)23(4)46-29-13-9-12-27(19-29)36-34(43)30(38-33(42)26-10-7-6-8-11-26)18-24-14-16-25(17-15-24)22(2)3/h6-19,21-23H,5,20H2,1-4H3,(H,36,43)(H,38,42)(H,37,39,41)/b30-18+. The molecule has 0 bridgehead atoms. The summed E-state index contributed by atoms with van der Waals surface area (Å²) in [5.41, 5.74) is 3.47. The highest BCUT2D eigenvalue weighted by Crippen LogP contribution is 2.27. The Kier molecular flexibility index (Phi) is 12.3. The number of amides is 3. The molecule has 0 saturated carbocycles. The second-order valence-corrected chi connectivity index (χ2v) is 12.8. The lowest BCUT2D eigenvalue weighted by Gasteiger charge is -2.14. The number of hydrogen-bond donors (Lipinski definition) is 3. The molecule has 0 fully saturated rings. The number of aromatic nitrogens is 1. The van der Waals surface area contributed by atoms with Crippen LogP contribution < -0.4 is 16.0 Å². The normalized spacial score (nSPS) is 11.9. The summed E-state index contributed by atoms with van der Waals surface area (Å²) in [6, 6.07) is 23.6. The fourth-order valence-electron chi connectivity index (χ4n) is 4.20. The van der Waals surface area contributed by atoms with E-state index in [1.807, 2.05) is 36.4 Å². The Morgan fingerprint density at radius 1 is 0.935 bits per heavy atom. The number of anilines is 2. The number of ether oxygens (including phenoxy) is 1. The van der Waals surface area contributed by atoms with Gasteiger partial charge in [-0.05, 0) is 67.3 Å². The minimum Gasteiger partial charge on any atom is -0.466 e. The molecule has 238 valence electrons. The molecule has 0 saturated heterocycles. The van der Waals surface area contributed by atoms with Gasteiger partial charge in [0.2, 0.25) is 5.91 Å². The van der Waals surface area contributed by atoms with Crippen molar-refractivity contribution in [2.24, 2.45) is 0 Å².